The third-order valence-electron chi connectivity index (χ3n) is 3.92. The third kappa shape index (κ3) is 3.25. The van der Waals surface area contributed by atoms with Crippen molar-refractivity contribution >= 4 is 11.6 Å². The van der Waals surface area contributed by atoms with E-state index >= 15 is 0 Å². The molecule has 1 aromatic rings. The van der Waals surface area contributed by atoms with Crippen molar-refractivity contribution in [2.24, 2.45) is 5.92 Å². The minimum Gasteiger partial charge on any atom is -0.314 e. The molecule has 0 radical (unpaired) electrons. The standard InChI is InChI=1S/C15H23ClN2/c1-3-12(2)15(18-9-7-17-8-10-18)13-5-4-6-14(16)11-13/h4-6,11-12,15,17H,3,7-10H2,1-2H3/t12?,15-/m0/s1. The first kappa shape index (κ1) is 13.9. The summed E-state index contributed by atoms with van der Waals surface area (Å²) in [5.41, 5.74) is 1.36. The predicted molar refractivity (Wildman–Crippen MR) is 78.1 cm³/mol. The molecule has 2 nitrogen and oxygen atoms in total. The Morgan fingerprint density at radius 3 is 2.67 bits per heavy atom. The molecule has 0 spiro atoms. The number of hydrogen-bond donors (Lipinski definition) is 1. The Labute approximate surface area is 115 Å². The molecule has 2 atom stereocenters. The Morgan fingerprint density at radius 1 is 1.33 bits per heavy atom. The second kappa shape index (κ2) is 6.55. The molecule has 0 bridgehead atoms. The highest BCUT2D eigenvalue weighted by Crippen LogP contribution is 2.32. The van der Waals surface area contributed by atoms with Crippen LogP contribution in [-0.2, 0) is 0 Å². The first-order chi connectivity index (χ1) is 8.72. The van der Waals surface area contributed by atoms with Gasteiger partial charge in [0, 0.05) is 37.2 Å². The van der Waals surface area contributed by atoms with Crippen LogP contribution in [0, 0.1) is 5.92 Å². The molecule has 1 saturated heterocycles. The van der Waals surface area contributed by atoms with Gasteiger partial charge in [0.2, 0.25) is 0 Å². The maximum absolute atomic E-state index is 6.14. The summed E-state index contributed by atoms with van der Waals surface area (Å²) in [6, 6.07) is 8.85. The Hall–Kier alpha value is -0.570. The summed E-state index contributed by atoms with van der Waals surface area (Å²) in [5, 5.41) is 4.27. The average Bonchev–Trinajstić information content (AvgIpc) is 2.40. The monoisotopic (exact) mass is 266 g/mol. The van der Waals surface area contributed by atoms with Crippen LogP contribution in [0.15, 0.2) is 24.3 Å². The molecule has 1 aromatic carbocycles. The van der Waals surface area contributed by atoms with Crippen LogP contribution in [0.2, 0.25) is 5.02 Å². The molecule has 18 heavy (non-hydrogen) atoms. The van der Waals surface area contributed by atoms with E-state index in [1.54, 1.807) is 0 Å². The van der Waals surface area contributed by atoms with E-state index in [0.29, 0.717) is 12.0 Å². The van der Waals surface area contributed by atoms with Crippen molar-refractivity contribution in [1.29, 1.82) is 0 Å². The molecule has 3 heteroatoms. The first-order valence-electron chi connectivity index (χ1n) is 6.92. The minimum atomic E-state index is 0.496. The van der Waals surface area contributed by atoms with Crippen LogP contribution in [0.1, 0.15) is 31.9 Å². The summed E-state index contributed by atoms with van der Waals surface area (Å²) in [4.78, 5) is 2.59. The van der Waals surface area contributed by atoms with Crippen molar-refractivity contribution in [3.63, 3.8) is 0 Å². The van der Waals surface area contributed by atoms with Crippen LogP contribution in [-0.4, -0.2) is 31.1 Å². The molecule has 0 aliphatic carbocycles. The maximum atomic E-state index is 6.14. The molecule has 0 aromatic heterocycles. The summed E-state index contributed by atoms with van der Waals surface area (Å²) in [6.07, 6.45) is 1.20. The van der Waals surface area contributed by atoms with Gasteiger partial charge < -0.3 is 5.32 Å². The van der Waals surface area contributed by atoms with Crippen molar-refractivity contribution in [1.82, 2.24) is 10.2 Å². The van der Waals surface area contributed by atoms with Gasteiger partial charge in [0.15, 0.2) is 0 Å². The van der Waals surface area contributed by atoms with Crippen LogP contribution in [0.25, 0.3) is 0 Å². The highest BCUT2D eigenvalue weighted by molar-refractivity contribution is 6.30. The van der Waals surface area contributed by atoms with Crippen LogP contribution in [0.3, 0.4) is 0 Å². The van der Waals surface area contributed by atoms with Gasteiger partial charge in [-0.1, -0.05) is 44.0 Å². The second-order valence-corrected chi connectivity index (χ2v) is 5.61. The minimum absolute atomic E-state index is 0.496. The summed E-state index contributed by atoms with van der Waals surface area (Å²) in [7, 11) is 0. The Kier molecular flexibility index (Phi) is 5.04. The Balaban J connectivity index is 2.23. The molecular formula is C15H23ClN2. The van der Waals surface area contributed by atoms with E-state index in [-0.39, 0.29) is 0 Å². The Morgan fingerprint density at radius 2 is 2.06 bits per heavy atom. The van der Waals surface area contributed by atoms with Gasteiger partial charge in [-0.25, -0.2) is 0 Å². The molecule has 0 saturated carbocycles. The van der Waals surface area contributed by atoms with Gasteiger partial charge in [-0.3, -0.25) is 4.90 Å². The SMILES string of the molecule is CCC(C)[C@@H](c1cccc(Cl)c1)N1CCNCC1. The fourth-order valence-electron chi connectivity index (χ4n) is 2.77. The summed E-state index contributed by atoms with van der Waals surface area (Å²) < 4.78 is 0. The van der Waals surface area contributed by atoms with Crippen LogP contribution in [0.5, 0.6) is 0 Å². The van der Waals surface area contributed by atoms with Gasteiger partial charge in [0.05, 0.1) is 0 Å². The van der Waals surface area contributed by atoms with Gasteiger partial charge >= 0.3 is 0 Å². The second-order valence-electron chi connectivity index (χ2n) is 5.17. The smallest absolute Gasteiger partial charge is 0.0409 e. The van der Waals surface area contributed by atoms with Crippen molar-refractivity contribution in [2.75, 3.05) is 26.2 Å². The molecule has 1 fully saturated rings. The molecule has 1 aliphatic heterocycles. The van der Waals surface area contributed by atoms with E-state index in [0.717, 1.165) is 31.2 Å². The predicted octanol–water partition coefficient (Wildman–Crippen LogP) is 3.33. The van der Waals surface area contributed by atoms with Crippen LogP contribution >= 0.6 is 11.6 Å². The van der Waals surface area contributed by atoms with Gasteiger partial charge in [-0.2, -0.15) is 0 Å². The number of hydrogen-bond acceptors (Lipinski definition) is 2. The average molecular weight is 267 g/mol. The van der Waals surface area contributed by atoms with Crippen molar-refractivity contribution in [2.45, 2.75) is 26.3 Å². The van der Waals surface area contributed by atoms with Crippen molar-refractivity contribution in [3.8, 4) is 0 Å². The molecule has 1 N–H and O–H groups in total. The van der Waals surface area contributed by atoms with Crippen LogP contribution in [0.4, 0.5) is 0 Å². The summed E-state index contributed by atoms with van der Waals surface area (Å²) in [5.74, 6) is 0.654. The fourth-order valence-corrected chi connectivity index (χ4v) is 2.97. The normalized spacial score (nSPS) is 20.6. The van der Waals surface area contributed by atoms with Crippen LogP contribution < -0.4 is 5.32 Å². The van der Waals surface area contributed by atoms with E-state index in [1.165, 1.54) is 12.0 Å². The Bertz CT molecular complexity index is 375. The highest BCUT2D eigenvalue weighted by atomic mass is 35.5. The number of nitrogens with one attached hydrogen (secondary N) is 1. The zero-order valence-corrected chi connectivity index (χ0v) is 12.1. The van der Waals surface area contributed by atoms with E-state index in [9.17, 15) is 0 Å². The number of rotatable bonds is 4. The lowest BCUT2D eigenvalue weighted by Gasteiger charge is -2.38. The van der Waals surface area contributed by atoms with E-state index in [2.05, 4.69) is 42.3 Å². The number of piperazine rings is 1. The van der Waals surface area contributed by atoms with Crippen molar-refractivity contribution < 1.29 is 0 Å². The molecule has 1 aliphatic rings. The summed E-state index contributed by atoms with van der Waals surface area (Å²) in [6.45, 7) is 9.04. The molecule has 100 valence electrons. The highest BCUT2D eigenvalue weighted by Gasteiger charge is 2.26. The molecule has 0 amide bonds. The number of benzene rings is 1. The van der Waals surface area contributed by atoms with Gasteiger partial charge in [0.1, 0.15) is 0 Å². The lowest BCUT2D eigenvalue weighted by Crippen LogP contribution is -2.46. The molecule has 2 rings (SSSR count). The largest absolute Gasteiger partial charge is 0.314 e. The number of halogens is 1. The first-order valence-corrected chi connectivity index (χ1v) is 7.30. The quantitative estimate of drug-likeness (QED) is 0.899. The topological polar surface area (TPSA) is 15.3 Å². The molecule has 1 heterocycles. The summed E-state index contributed by atoms with van der Waals surface area (Å²) >= 11 is 6.14. The van der Waals surface area contributed by atoms with E-state index < -0.39 is 0 Å². The molecule has 1 unspecified atom stereocenters. The van der Waals surface area contributed by atoms with Crippen molar-refractivity contribution in [3.05, 3.63) is 34.9 Å². The van der Waals surface area contributed by atoms with E-state index in [1.807, 2.05) is 6.07 Å². The van der Waals surface area contributed by atoms with E-state index in [4.69, 9.17) is 11.6 Å². The zero-order valence-electron chi connectivity index (χ0n) is 11.3. The van der Waals surface area contributed by atoms with Gasteiger partial charge in [-0.15, -0.1) is 0 Å². The maximum Gasteiger partial charge on any atom is 0.0409 e. The van der Waals surface area contributed by atoms with Gasteiger partial charge in [-0.05, 0) is 23.6 Å². The lowest BCUT2D eigenvalue weighted by atomic mass is 9.90. The third-order valence-corrected chi connectivity index (χ3v) is 4.15. The molecular weight excluding hydrogens is 244 g/mol. The lowest BCUT2D eigenvalue weighted by molar-refractivity contribution is 0.128. The van der Waals surface area contributed by atoms with Gasteiger partial charge in [0.25, 0.3) is 0 Å². The fraction of sp³-hybridized carbons (Fsp3) is 0.600. The number of nitrogens with zero attached hydrogens (tertiary/aromatic N) is 1. The zero-order chi connectivity index (χ0) is 13.0.